The molecule has 1 aromatic heterocycles. The monoisotopic (exact) mass is 371 g/mol. The number of pyridine rings is 1. The van der Waals surface area contributed by atoms with Gasteiger partial charge in [0.1, 0.15) is 12.4 Å². The van der Waals surface area contributed by atoms with E-state index in [4.69, 9.17) is 5.11 Å². The minimum atomic E-state index is -0.505. The second-order valence-electron chi connectivity index (χ2n) is 6.69. The number of nitrogens with one attached hydrogen (secondary N) is 2. The molecule has 2 aromatic rings. The van der Waals surface area contributed by atoms with E-state index in [9.17, 15) is 14.0 Å². The van der Waals surface area contributed by atoms with Gasteiger partial charge in [-0.05, 0) is 49.9 Å². The van der Waals surface area contributed by atoms with Gasteiger partial charge in [0.25, 0.3) is 5.91 Å². The van der Waals surface area contributed by atoms with Gasteiger partial charge in [-0.2, -0.15) is 0 Å². The Morgan fingerprint density at radius 1 is 1.07 bits per heavy atom. The fourth-order valence-corrected chi connectivity index (χ4v) is 3.27. The second-order valence-corrected chi connectivity index (χ2v) is 6.69. The van der Waals surface area contributed by atoms with E-state index in [1.165, 1.54) is 18.3 Å². The van der Waals surface area contributed by atoms with Crippen molar-refractivity contribution >= 4 is 11.8 Å². The van der Waals surface area contributed by atoms with E-state index in [1.54, 1.807) is 24.3 Å². The summed E-state index contributed by atoms with van der Waals surface area (Å²) in [6.45, 7) is -0.505. The number of aromatic nitrogens is 1. The van der Waals surface area contributed by atoms with Crippen molar-refractivity contribution in [2.24, 2.45) is 0 Å². The number of rotatable bonds is 5. The van der Waals surface area contributed by atoms with Gasteiger partial charge < -0.3 is 15.7 Å². The Balaban J connectivity index is 1.54. The molecule has 7 heteroatoms. The van der Waals surface area contributed by atoms with Crippen LogP contribution in [0, 0.1) is 5.82 Å². The second kappa shape index (κ2) is 8.73. The normalized spacial score (nSPS) is 19.3. The van der Waals surface area contributed by atoms with E-state index < -0.39 is 6.61 Å². The number of halogens is 1. The van der Waals surface area contributed by atoms with Crippen molar-refractivity contribution in [3.63, 3.8) is 0 Å². The number of hydrogen-bond donors (Lipinski definition) is 3. The lowest BCUT2D eigenvalue weighted by Gasteiger charge is -2.29. The Morgan fingerprint density at radius 3 is 2.37 bits per heavy atom. The Morgan fingerprint density at radius 2 is 1.78 bits per heavy atom. The number of hydrogen-bond acceptors (Lipinski definition) is 4. The Labute approximate surface area is 156 Å². The lowest BCUT2D eigenvalue weighted by atomic mass is 9.91. The van der Waals surface area contributed by atoms with Crippen LogP contribution in [0.5, 0.6) is 0 Å². The summed E-state index contributed by atoms with van der Waals surface area (Å²) in [4.78, 5) is 27.9. The van der Waals surface area contributed by atoms with E-state index in [1.807, 2.05) is 0 Å². The largest absolute Gasteiger partial charge is 0.387 e. The molecular weight excluding hydrogens is 349 g/mol. The smallest absolute Gasteiger partial charge is 0.253 e. The van der Waals surface area contributed by atoms with Crippen LogP contribution >= 0.6 is 0 Å². The molecule has 2 amide bonds. The maximum Gasteiger partial charge on any atom is 0.253 e. The number of aliphatic hydroxyl groups is 1. The molecule has 27 heavy (non-hydrogen) atoms. The van der Waals surface area contributed by atoms with Gasteiger partial charge in [0.15, 0.2) is 0 Å². The summed E-state index contributed by atoms with van der Waals surface area (Å²) >= 11 is 0. The first kappa shape index (κ1) is 19.0. The standard InChI is InChI=1S/C20H22FN3O3/c21-15-3-1-2-13(10-15)18-9-4-14(11-22-18)20(27)24-17-7-5-16(6-8-17)23-19(26)12-25/h1-4,9-11,16-17,25H,5-8,12H2,(H,23,26)(H,24,27)/t16-,17-. The zero-order chi connectivity index (χ0) is 19.2. The Hall–Kier alpha value is -2.80. The average Bonchev–Trinajstić information content (AvgIpc) is 2.69. The van der Waals surface area contributed by atoms with Gasteiger partial charge in [-0.3, -0.25) is 14.6 Å². The quantitative estimate of drug-likeness (QED) is 0.750. The van der Waals surface area contributed by atoms with Crippen molar-refractivity contribution in [2.75, 3.05) is 6.61 Å². The van der Waals surface area contributed by atoms with Gasteiger partial charge in [-0.25, -0.2) is 4.39 Å². The van der Waals surface area contributed by atoms with Crippen LogP contribution in [0.25, 0.3) is 11.3 Å². The third-order valence-electron chi connectivity index (χ3n) is 4.72. The van der Waals surface area contributed by atoms with Gasteiger partial charge in [0, 0.05) is 23.8 Å². The predicted molar refractivity (Wildman–Crippen MR) is 98.4 cm³/mol. The van der Waals surface area contributed by atoms with Gasteiger partial charge in [-0.15, -0.1) is 0 Å². The van der Waals surface area contributed by atoms with Crippen molar-refractivity contribution in [2.45, 2.75) is 37.8 Å². The highest BCUT2D eigenvalue weighted by Gasteiger charge is 2.23. The molecule has 1 aliphatic carbocycles. The first-order chi connectivity index (χ1) is 13.0. The van der Waals surface area contributed by atoms with E-state index in [2.05, 4.69) is 15.6 Å². The average molecular weight is 371 g/mol. The molecule has 0 saturated heterocycles. The fourth-order valence-electron chi connectivity index (χ4n) is 3.27. The number of amides is 2. The number of aliphatic hydroxyl groups excluding tert-OH is 1. The molecule has 0 bridgehead atoms. The molecule has 1 fully saturated rings. The van der Waals surface area contributed by atoms with Crippen LogP contribution in [0.4, 0.5) is 4.39 Å². The topological polar surface area (TPSA) is 91.3 Å². The fraction of sp³-hybridized carbons (Fsp3) is 0.350. The number of carbonyl (C=O) groups is 2. The molecule has 1 aromatic carbocycles. The maximum atomic E-state index is 13.3. The number of carbonyl (C=O) groups excluding carboxylic acids is 2. The lowest BCUT2D eigenvalue weighted by molar-refractivity contribution is -0.124. The SMILES string of the molecule is O=C(CO)N[C@H]1CC[C@H](NC(=O)c2ccc(-c3cccc(F)c3)nc2)CC1. The van der Waals surface area contributed by atoms with Crippen LogP contribution in [-0.2, 0) is 4.79 Å². The van der Waals surface area contributed by atoms with Crippen molar-refractivity contribution in [1.29, 1.82) is 0 Å². The summed E-state index contributed by atoms with van der Waals surface area (Å²) in [6.07, 6.45) is 4.53. The van der Waals surface area contributed by atoms with Crippen molar-refractivity contribution in [3.8, 4) is 11.3 Å². The summed E-state index contributed by atoms with van der Waals surface area (Å²) in [5, 5.41) is 14.5. The zero-order valence-electron chi connectivity index (χ0n) is 14.8. The van der Waals surface area contributed by atoms with Crippen LogP contribution in [0.15, 0.2) is 42.6 Å². The Kier molecular flexibility index (Phi) is 6.13. The highest BCUT2D eigenvalue weighted by Crippen LogP contribution is 2.20. The molecule has 1 saturated carbocycles. The molecule has 1 heterocycles. The predicted octanol–water partition coefficient (Wildman–Crippen LogP) is 2.04. The van der Waals surface area contributed by atoms with Crippen LogP contribution in [0.3, 0.4) is 0 Å². The Bertz CT molecular complexity index is 802. The van der Waals surface area contributed by atoms with Crippen LogP contribution in [0.2, 0.25) is 0 Å². The first-order valence-electron chi connectivity index (χ1n) is 8.98. The molecule has 142 valence electrons. The lowest BCUT2D eigenvalue weighted by Crippen LogP contribution is -2.44. The molecular formula is C20H22FN3O3. The molecule has 0 radical (unpaired) electrons. The van der Waals surface area contributed by atoms with E-state index in [0.717, 1.165) is 25.7 Å². The van der Waals surface area contributed by atoms with Crippen LogP contribution < -0.4 is 10.6 Å². The minimum Gasteiger partial charge on any atom is -0.387 e. The van der Waals surface area contributed by atoms with Crippen LogP contribution in [0.1, 0.15) is 36.0 Å². The van der Waals surface area contributed by atoms with E-state index in [0.29, 0.717) is 16.8 Å². The highest BCUT2D eigenvalue weighted by atomic mass is 19.1. The summed E-state index contributed by atoms with van der Waals surface area (Å²) in [5.41, 5.74) is 1.71. The third-order valence-corrected chi connectivity index (χ3v) is 4.72. The minimum absolute atomic E-state index is 0.0441. The highest BCUT2D eigenvalue weighted by molar-refractivity contribution is 5.94. The maximum absolute atomic E-state index is 13.3. The zero-order valence-corrected chi connectivity index (χ0v) is 14.8. The van der Waals surface area contributed by atoms with Crippen molar-refractivity contribution in [1.82, 2.24) is 15.6 Å². The third kappa shape index (κ3) is 5.10. The van der Waals surface area contributed by atoms with E-state index >= 15 is 0 Å². The molecule has 0 atom stereocenters. The van der Waals surface area contributed by atoms with Crippen molar-refractivity contribution < 1.29 is 19.1 Å². The van der Waals surface area contributed by atoms with E-state index in [-0.39, 0.29) is 29.7 Å². The summed E-state index contributed by atoms with van der Waals surface area (Å²) in [5.74, 6) is -0.898. The van der Waals surface area contributed by atoms with Crippen LogP contribution in [-0.4, -0.2) is 40.6 Å². The molecule has 0 aliphatic heterocycles. The molecule has 6 nitrogen and oxygen atoms in total. The molecule has 3 N–H and O–H groups in total. The number of nitrogens with zero attached hydrogens (tertiary/aromatic N) is 1. The summed E-state index contributed by atoms with van der Waals surface area (Å²) in [6, 6.07) is 9.62. The number of benzene rings is 1. The molecule has 0 spiro atoms. The van der Waals surface area contributed by atoms with Crippen molar-refractivity contribution in [3.05, 3.63) is 54.0 Å². The molecule has 3 rings (SSSR count). The molecule has 0 unspecified atom stereocenters. The van der Waals surface area contributed by atoms with Gasteiger partial charge in [-0.1, -0.05) is 12.1 Å². The summed E-state index contributed by atoms with van der Waals surface area (Å²) in [7, 11) is 0. The first-order valence-corrected chi connectivity index (χ1v) is 8.98. The molecule has 1 aliphatic rings. The van der Waals surface area contributed by atoms with Gasteiger partial charge in [0.2, 0.25) is 5.91 Å². The summed E-state index contributed by atoms with van der Waals surface area (Å²) < 4.78 is 13.3. The van der Waals surface area contributed by atoms with Gasteiger partial charge >= 0.3 is 0 Å². The van der Waals surface area contributed by atoms with Gasteiger partial charge in [0.05, 0.1) is 11.3 Å².